The molecule has 1 aromatic rings. The van der Waals surface area contributed by atoms with Crippen molar-refractivity contribution in [1.29, 1.82) is 0 Å². The number of carbonyl (C=O) groups excluding carboxylic acids is 1. The quantitative estimate of drug-likeness (QED) is 0.677. The minimum Gasteiger partial charge on any atom is -0.481 e. The molecule has 1 aromatic carbocycles. The van der Waals surface area contributed by atoms with Crippen LogP contribution in [0, 0.1) is 0 Å². The second-order valence-electron chi connectivity index (χ2n) is 7.11. The van der Waals surface area contributed by atoms with Gasteiger partial charge in [0.2, 0.25) is 0 Å². The van der Waals surface area contributed by atoms with Gasteiger partial charge in [0.1, 0.15) is 0 Å². The maximum atomic E-state index is 13.2. The van der Waals surface area contributed by atoms with Crippen molar-refractivity contribution >= 4 is 33.6 Å². The summed E-state index contributed by atoms with van der Waals surface area (Å²) < 4.78 is 28.3. The van der Waals surface area contributed by atoms with Gasteiger partial charge in [-0.2, -0.15) is 17.4 Å². The first-order valence-corrected chi connectivity index (χ1v) is 10.6. The van der Waals surface area contributed by atoms with Crippen molar-refractivity contribution in [2.45, 2.75) is 50.0 Å². The highest BCUT2D eigenvalue weighted by atomic mass is 35.5. The number of nitrogens with one attached hydrogen (secondary N) is 1. The Bertz CT molecular complexity index is 804. The van der Waals surface area contributed by atoms with E-state index in [2.05, 4.69) is 4.72 Å². The number of Topliss-reactive ketones (excluding diaryl/α,β-unsaturated/α-hetero) is 1. The molecule has 0 radical (unpaired) electrons. The molecule has 0 amide bonds. The highest BCUT2D eigenvalue weighted by Crippen LogP contribution is 2.34. The van der Waals surface area contributed by atoms with Crippen molar-refractivity contribution in [2.24, 2.45) is 0 Å². The molecule has 9 heteroatoms. The van der Waals surface area contributed by atoms with E-state index in [9.17, 15) is 23.1 Å². The number of hydrogen-bond donors (Lipinski definition) is 2. The lowest BCUT2D eigenvalue weighted by atomic mass is 9.76. The average molecular weight is 417 g/mol. The van der Waals surface area contributed by atoms with Crippen LogP contribution >= 0.6 is 11.6 Å². The van der Waals surface area contributed by atoms with E-state index in [4.69, 9.17) is 11.6 Å². The summed E-state index contributed by atoms with van der Waals surface area (Å²) in [6, 6.07) is 6.38. The molecule has 0 aliphatic heterocycles. The number of benzene rings is 1. The number of carbonyl (C=O) groups is 2. The second-order valence-corrected chi connectivity index (χ2v) is 9.43. The lowest BCUT2D eigenvalue weighted by molar-refractivity contribution is -0.141. The molecular formula is C18H25ClN2O5S. The number of carboxylic acids is 1. The minimum absolute atomic E-state index is 0.300. The van der Waals surface area contributed by atoms with Crippen LogP contribution in [0.25, 0.3) is 0 Å². The van der Waals surface area contributed by atoms with Gasteiger partial charge in [-0.25, -0.2) is 0 Å². The zero-order valence-corrected chi connectivity index (χ0v) is 17.0. The second kappa shape index (κ2) is 8.68. The zero-order valence-electron chi connectivity index (χ0n) is 15.4. The summed E-state index contributed by atoms with van der Waals surface area (Å²) in [5.74, 6) is -2.63. The lowest BCUT2D eigenvalue weighted by Gasteiger charge is -2.37. The number of hydrogen-bond acceptors (Lipinski definition) is 4. The Balaban J connectivity index is 2.32. The molecule has 1 aliphatic carbocycles. The van der Waals surface area contributed by atoms with Crippen molar-refractivity contribution in [2.75, 3.05) is 14.1 Å². The number of rotatable bonds is 8. The molecule has 2 N–H and O–H groups in total. The summed E-state index contributed by atoms with van der Waals surface area (Å²) in [5.41, 5.74) is -0.849. The van der Waals surface area contributed by atoms with E-state index in [-0.39, 0.29) is 6.42 Å². The molecule has 1 unspecified atom stereocenters. The van der Waals surface area contributed by atoms with Crippen LogP contribution in [0.15, 0.2) is 24.3 Å². The first-order valence-electron chi connectivity index (χ1n) is 8.80. The van der Waals surface area contributed by atoms with E-state index in [0.717, 1.165) is 10.7 Å². The van der Waals surface area contributed by atoms with Crippen molar-refractivity contribution in [1.82, 2.24) is 9.03 Å². The van der Waals surface area contributed by atoms with E-state index >= 15 is 0 Å². The maximum absolute atomic E-state index is 13.2. The fraction of sp³-hybridized carbons (Fsp3) is 0.556. The molecule has 1 fully saturated rings. The van der Waals surface area contributed by atoms with Crippen LogP contribution in [0.1, 0.15) is 50.0 Å². The summed E-state index contributed by atoms with van der Waals surface area (Å²) in [4.78, 5) is 24.9. The first kappa shape index (κ1) is 21.8. The van der Waals surface area contributed by atoms with Gasteiger partial charge >= 0.3 is 5.97 Å². The molecule has 0 heterocycles. The van der Waals surface area contributed by atoms with Gasteiger partial charge in [-0.05, 0) is 30.5 Å². The molecule has 2 rings (SSSR count). The highest BCUT2D eigenvalue weighted by molar-refractivity contribution is 7.87. The van der Waals surface area contributed by atoms with Crippen molar-refractivity contribution in [3.8, 4) is 0 Å². The Morgan fingerprint density at radius 3 is 2.41 bits per heavy atom. The molecule has 0 spiro atoms. The third kappa shape index (κ3) is 5.28. The predicted molar refractivity (Wildman–Crippen MR) is 103 cm³/mol. The molecule has 1 saturated carbocycles. The normalized spacial score (nSPS) is 18.2. The molecule has 7 nitrogen and oxygen atoms in total. The van der Waals surface area contributed by atoms with Gasteiger partial charge in [0.05, 0.1) is 11.5 Å². The third-order valence-corrected chi connectivity index (χ3v) is 6.83. The van der Waals surface area contributed by atoms with Crippen LogP contribution < -0.4 is 4.72 Å². The number of carboxylic acid groups (broad SMARTS) is 1. The fourth-order valence-corrected chi connectivity index (χ4v) is 4.58. The van der Waals surface area contributed by atoms with Crippen LogP contribution in [0.3, 0.4) is 0 Å². The van der Waals surface area contributed by atoms with Gasteiger partial charge in [-0.3, -0.25) is 9.59 Å². The van der Waals surface area contributed by atoms with E-state index in [1.807, 2.05) is 0 Å². The topological polar surface area (TPSA) is 104 Å². The zero-order chi connectivity index (χ0) is 20.2. The standard InChI is InChI=1S/C18H25ClN2O5S/c1-21(2)27(25,26)20-18(9-4-3-5-10-18)16(22)12-15(17(23)24)13-7-6-8-14(19)11-13/h6-8,11,15,20H,3-5,9-10,12H2,1-2H3,(H,23,24). The molecule has 150 valence electrons. The van der Waals surface area contributed by atoms with Crippen LogP contribution in [0.2, 0.25) is 5.02 Å². The summed E-state index contributed by atoms with van der Waals surface area (Å²) in [6.45, 7) is 0. The smallest absolute Gasteiger partial charge is 0.311 e. The Morgan fingerprint density at radius 1 is 1.26 bits per heavy atom. The predicted octanol–water partition coefficient (Wildman–Crippen LogP) is 2.57. The Morgan fingerprint density at radius 2 is 1.89 bits per heavy atom. The number of aliphatic carboxylic acids is 1. The Hall–Kier alpha value is -1.48. The van der Waals surface area contributed by atoms with E-state index in [0.29, 0.717) is 36.3 Å². The molecular weight excluding hydrogens is 392 g/mol. The molecule has 0 saturated heterocycles. The van der Waals surface area contributed by atoms with Crippen LogP contribution in [-0.2, 0) is 19.8 Å². The first-order chi connectivity index (χ1) is 12.6. The van der Waals surface area contributed by atoms with Gasteiger partial charge in [0, 0.05) is 25.5 Å². The minimum atomic E-state index is -3.83. The summed E-state index contributed by atoms with van der Waals surface area (Å²) in [7, 11) is -1.07. The van der Waals surface area contributed by atoms with Gasteiger partial charge in [0.25, 0.3) is 10.2 Å². The van der Waals surface area contributed by atoms with E-state index < -0.39 is 33.4 Å². The molecule has 0 aromatic heterocycles. The van der Waals surface area contributed by atoms with Gasteiger partial charge in [-0.15, -0.1) is 0 Å². The van der Waals surface area contributed by atoms with Gasteiger partial charge in [-0.1, -0.05) is 43.0 Å². The van der Waals surface area contributed by atoms with Gasteiger partial charge < -0.3 is 5.11 Å². The van der Waals surface area contributed by atoms with Crippen molar-refractivity contribution < 1.29 is 23.1 Å². The monoisotopic (exact) mass is 416 g/mol. The molecule has 27 heavy (non-hydrogen) atoms. The summed E-state index contributed by atoms with van der Waals surface area (Å²) in [6.07, 6.45) is 2.75. The van der Waals surface area contributed by atoms with Crippen LogP contribution in [0.4, 0.5) is 0 Å². The van der Waals surface area contributed by atoms with Crippen LogP contribution in [-0.4, -0.2) is 49.2 Å². The molecule has 1 atom stereocenters. The van der Waals surface area contributed by atoms with Crippen molar-refractivity contribution in [3.63, 3.8) is 0 Å². The largest absolute Gasteiger partial charge is 0.481 e. The number of halogens is 1. The van der Waals surface area contributed by atoms with Crippen LogP contribution in [0.5, 0.6) is 0 Å². The fourth-order valence-electron chi connectivity index (χ4n) is 3.38. The summed E-state index contributed by atoms with van der Waals surface area (Å²) >= 11 is 5.95. The third-order valence-electron chi connectivity index (χ3n) is 4.98. The maximum Gasteiger partial charge on any atom is 0.311 e. The Kier molecular flexibility index (Phi) is 7.02. The number of ketones is 1. The number of nitrogens with zero attached hydrogens (tertiary/aromatic N) is 1. The van der Waals surface area contributed by atoms with E-state index in [1.54, 1.807) is 18.2 Å². The Labute approximate surface area is 164 Å². The lowest BCUT2D eigenvalue weighted by Crippen LogP contribution is -2.58. The van der Waals surface area contributed by atoms with Crippen molar-refractivity contribution in [3.05, 3.63) is 34.9 Å². The molecule has 0 bridgehead atoms. The highest BCUT2D eigenvalue weighted by Gasteiger charge is 2.44. The van der Waals surface area contributed by atoms with Gasteiger partial charge in [0.15, 0.2) is 5.78 Å². The average Bonchev–Trinajstić information content (AvgIpc) is 2.59. The summed E-state index contributed by atoms with van der Waals surface area (Å²) in [5, 5.41) is 10.0. The molecule has 1 aliphatic rings. The SMILES string of the molecule is CN(C)S(=O)(=O)NC1(C(=O)CC(C(=O)O)c2cccc(Cl)c2)CCCCC1. The van der Waals surface area contributed by atoms with E-state index in [1.165, 1.54) is 20.2 Å².